The molecule has 0 bridgehead atoms. The molecule has 0 saturated heterocycles. The minimum atomic E-state index is 0.0579. The van der Waals surface area contributed by atoms with Gasteiger partial charge in [-0.1, -0.05) is 30.5 Å². The number of aliphatic hydroxyl groups is 1. The Labute approximate surface area is 203 Å². The first kappa shape index (κ1) is 27.4. The second kappa shape index (κ2) is 14.4. The van der Waals surface area contributed by atoms with Gasteiger partial charge in [0.05, 0.1) is 23.9 Å². The number of pyridine rings is 1. The number of aldehydes is 1. The second-order valence-electron chi connectivity index (χ2n) is 8.99. The molecule has 0 radical (unpaired) electrons. The molecule has 0 aromatic carbocycles. The summed E-state index contributed by atoms with van der Waals surface area (Å²) in [5.41, 5.74) is 2.81. The lowest BCUT2D eigenvalue weighted by molar-refractivity contribution is 0.112. The Morgan fingerprint density at radius 1 is 1.30 bits per heavy atom. The zero-order valence-electron chi connectivity index (χ0n) is 20.5. The molecule has 0 amide bonds. The minimum absolute atomic E-state index is 0.0579. The lowest BCUT2D eigenvalue weighted by Crippen LogP contribution is -2.24. The van der Waals surface area contributed by atoms with E-state index >= 15 is 0 Å². The van der Waals surface area contributed by atoms with Crippen molar-refractivity contribution in [2.45, 2.75) is 64.8 Å². The zero-order valence-corrected chi connectivity index (χ0v) is 21.3. The third-order valence-electron chi connectivity index (χ3n) is 6.65. The highest BCUT2D eigenvalue weighted by Gasteiger charge is 2.20. The van der Waals surface area contributed by atoms with Crippen LogP contribution in [-0.4, -0.2) is 49.7 Å². The molecule has 3 N–H and O–H groups in total. The number of carbonyl (C=O) groups excluding carboxylic acids is 1. The van der Waals surface area contributed by atoms with E-state index in [4.69, 9.17) is 21.4 Å². The molecular weight excluding hydrogens is 438 g/mol. The third kappa shape index (κ3) is 8.43. The fourth-order valence-corrected chi connectivity index (χ4v) is 4.95. The molecular formula is C26H40ClN3O3. The number of nitrogens with zero attached hydrogens (tertiary/aromatic N) is 1. The summed E-state index contributed by atoms with van der Waals surface area (Å²) in [4.78, 5) is 14.9. The van der Waals surface area contributed by atoms with Crippen molar-refractivity contribution in [2.75, 3.05) is 32.6 Å². The van der Waals surface area contributed by atoms with Crippen molar-refractivity contribution in [1.29, 1.82) is 0 Å². The molecule has 1 unspecified atom stereocenters. The molecule has 2 aliphatic rings. The van der Waals surface area contributed by atoms with Crippen LogP contribution in [0.5, 0.6) is 0 Å². The minimum Gasteiger partial charge on any atom is -0.501 e. The van der Waals surface area contributed by atoms with E-state index in [9.17, 15) is 4.79 Å². The van der Waals surface area contributed by atoms with Gasteiger partial charge in [0.15, 0.2) is 6.29 Å². The van der Waals surface area contributed by atoms with Crippen LogP contribution in [0.3, 0.4) is 0 Å². The lowest BCUT2D eigenvalue weighted by Gasteiger charge is -2.27. The molecule has 2 aliphatic carbocycles. The van der Waals surface area contributed by atoms with Gasteiger partial charge in [0.1, 0.15) is 5.82 Å². The molecule has 1 saturated carbocycles. The molecule has 1 atom stereocenters. The van der Waals surface area contributed by atoms with E-state index in [1.807, 2.05) is 7.05 Å². The summed E-state index contributed by atoms with van der Waals surface area (Å²) in [7, 11) is 3.73. The first-order chi connectivity index (χ1) is 15.9. The first-order valence-corrected chi connectivity index (χ1v) is 12.4. The van der Waals surface area contributed by atoms with Gasteiger partial charge in [-0.3, -0.25) is 4.79 Å². The number of aromatic nitrogens is 1. The molecule has 33 heavy (non-hydrogen) atoms. The topological polar surface area (TPSA) is 83.5 Å². The van der Waals surface area contributed by atoms with E-state index in [0.717, 1.165) is 48.7 Å². The van der Waals surface area contributed by atoms with Crippen LogP contribution in [0, 0.1) is 11.8 Å². The third-order valence-corrected chi connectivity index (χ3v) is 6.94. The first-order valence-electron chi connectivity index (χ1n) is 12.0. The quantitative estimate of drug-likeness (QED) is 0.414. The van der Waals surface area contributed by atoms with E-state index < -0.39 is 0 Å². The van der Waals surface area contributed by atoms with Crippen LogP contribution in [0.4, 0.5) is 5.82 Å². The van der Waals surface area contributed by atoms with Crippen molar-refractivity contribution >= 4 is 23.7 Å². The summed E-state index contributed by atoms with van der Waals surface area (Å²) in [5, 5.41) is 15.7. The van der Waals surface area contributed by atoms with Gasteiger partial charge in [-0.15, -0.1) is 0 Å². The van der Waals surface area contributed by atoms with Crippen molar-refractivity contribution in [3.8, 4) is 0 Å². The van der Waals surface area contributed by atoms with Gasteiger partial charge in [-0.25, -0.2) is 4.98 Å². The van der Waals surface area contributed by atoms with E-state index in [1.54, 1.807) is 13.2 Å². The van der Waals surface area contributed by atoms with Crippen LogP contribution in [-0.2, 0) is 4.74 Å². The number of ether oxygens (including phenoxy) is 1. The van der Waals surface area contributed by atoms with Gasteiger partial charge in [0.2, 0.25) is 0 Å². The van der Waals surface area contributed by atoms with E-state index in [1.165, 1.54) is 44.0 Å². The standard InChI is InChI=1S/C16H19ClN2O2.C10H21NO/c1-10-13(5-4-6-15(10)21-3)11(2)19-16-14(17)7-12(9-20)8-18-16;1-11-8-10-4-2-9(3-5-10)6-7-12/h5,7-9,11H,4,6H2,1-3H3,(H,18,19);9-12H,2-8H2,1H3. The highest BCUT2D eigenvalue weighted by molar-refractivity contribution is 6.33. The monoisotopic (exact) mass is 477 g/mol. The Balaban J connectivity index is 0.000000273. The molecule has 7 heteroatoms. The molecule has 1 aromatic rings. The molecule has 1 aromatic heterocycles. The number of allylic oxidation sites excluding steroid dienone is 2. The molecule has 3 rings (SSSR count). The smallest absolute Gasteiger partial charge is 0.151 e. The number of nitrogens with one attached hydrogen (secondary N) is 2. The van der Waals surface area contributed by atoms with Crippen molar-refractivity contribution in [3.63, 3.8) is 0 Å². The van der Waals surface area contributed by atoms with E-state index in [2.05, 4.69) is 35.5 Å². The van der Waals surface area contributed by atoms with Gasteiger partial charge in [0.25, 0.3) is 0 Å². The molecule has 184 valence electrons. The number of aliphatic hydroxyl groups excluding tert-OH is 1. The maximum atomic E-state index is 10.7. The van der Waals surface area contributed by atoms with E-state index in [0.29, 0.717) is 23.0 Å². The summed E-state index contributed by atoms with van der Waals surface area (Å²) in [6.45, 7) is 5.67. The van der Waals surface area contributed by atoms with Crippen LogP contribution in [0.25, 0.3) is 0 Å². The number of methoxy groups -OCH3 is 1. The summed E-state index contributed by atoms with van der Waals surface area (Å²) in [6.07, 6.45) is 12.7. The average Bonchev–Trinajstić information content (AvgIpc) is 2.82. The predicted molar refractivity (Wildman–Crippen MR) is 136 cm³/mol. The van der Waals surface area contributed by atoms with Crippen LogP contribution in [0.2, 0.25) is 5.02 Å². The van der Waals surface area contributed by atoms with E-state index in [-0.39, 0.29) is 6.04 Å². The fraction of sp³-hybridized carbons (Fsp3) is 0.615. The van der Waals surface area contributed by atoms with Gasteiger partial charge in [-0.2, -0.15) is 0 Å². The summed E-state index contributed by atoms with van der Waals surface area (Å²) >= 11 is 6.14. The van der Waals surface area contributed by atoms with Gasteiger partial charge >= 0.3 is 0 Å². The Morgan fingerprint density at radius 3 is 2.58 bits per heavy atom. The Morgan fingerprint density at radius 2 is 2.00 bits per heavy atom. The van der Waals surface area contributed by atoms with Crippen LogP contribution < -0.4 is 10.6 Å². The van der Waals surface area contributed by atoms with Crippen molar-refractivity contribution in [3.05, 3.63) is 45.8 Å². The SMILES string of the molecule is CNCC1CCC(CCO)CC1.COC1=C(C)C(C(C)Nc2ncc(C=O)cc2Cl)=CCC1. The molecule has 1 fully saturated rings. The summed E-state index contributed by atoms with van der Waals surface area (Å²) < 4.78 is 5.42. The normalized spacial score (nSPS) is 21.5. The Bertz CT molecular complexity index is 803. The highest BCUT2D eigenvalue weighted by Crippen LogP contribution is 2.31. The number of hydrogen-bond acceptors (Lipinski definition) is 6. The van der Waals surface area contributed by atoms with Gasteiger partial charge in [-0.05, 0) is 82.2 Å². The molecule has 0 aliphatic heterocycles. The number of halogens is 1. The van der Waals surface area contributed by atoms with Crippen molar-refractivity contribution in [2.24, 2.45) is 11.8 Å². The second-order valence-corrected chi connectivity index (χ2v) is 9.40. The predicted octanol–water partition coefficient (Wildman–Crippen LogP) is 5.38. The highest BCUT2D eigenvalue weighted by atomic mass is 35.5. The average molecular weight is 478 g/mol. The Hall–Kier alpha value is -1.89. The van der Waals surface area contributed by atoms with Crippen LogP contribution >= 0.6 is 11.6 Å². The Kier molecular flexibility index (Phi) is 11.9. The maximum absolute atomic E-state index is 10.7. The lowest BCUT2D eigenvalue weighted by atomic mass is 9.81. The van der Waals surface area contributed by atoms with Crippen molar-refractivity contribution < 1.29 is 14.6 Å². The van der Waals surface area contributed by atoms with Gasteiger partial charge < -0.3 is 20.5 Å². The number of rotatable bonds is 9. The summed E-state index contributed by atoms with van der Waals surface area (Å²) in [5.74, 6) is 3.30. The van der Waals surface area contributed by atoms with Crippen molar-refractivity contribution in [1.82, 2.24) is 10.3 Å². The molecule has 0 spiro atoms. The number of hydrogen-bond donors (Lipinski definition) is 3. The number of carbonyl (C=O) groups is 1. The molecule has 6 nitrogen and oxygen atoms in total. The maximum Gasteiger partial charge on any atom is 0.151 e. The van der Waals surface area contributed by atoms with Gasteiger partial charge in [0, 0.05) is 24.8 Å². The molecule has 1 heterocycles. The number of anilines is 1. The largest absolute Gasteiger partial charge is 0.501 e. The fourth-order valence-electron chi connectivity index (χ4n) is 4.72. The van der Waals surface area contributed by atoms with Crippen LogP contribution in [0.1, 0.15) is 69.2 Å². The summed E-state index contributed by atoms with van der Waals surface area (Å²) in [6, 6.07) is 1.66. The van der Waals surface area contributed by atoms with Crippen LogP contribution in [0.15, 0.2) is 35.2 Å². The zero-order chi connectivity index (χ0) is 24.2.